The van der Waals surface area contributed by atoms with E-state index in [4.69, 9.17) is 23.4 Å². The minimum absolute atomic E-state index is 0.0707. The van der Waals surface area contributed by atoms with Crippen LogP contribution < -0.4 is 14.9 Å². The Bertz CT molecular complexity index is 1420. The molecule has 0 amide bonds. The van der Waals surface area contributed by atoms with Crippen molar-refractivity contribution in [2.75, 3.05) is 6.61 Å². The first-order chi connectivity index (χ1) is 19.5. The summed E-state index contributed by atoms with van der Waals surface area (Å²) in [6.07, 6.45) is -16.1. The summed E-state index contributed by atoms with van der Waals surface area (Å²) < 4.78 is 27.1. The quantitative estimate of drug-likeness (QED) is 0.146. The van der Waals surface area contributed by atoms with Gasteiger partial charge in [0.05, 0.1) is 6.61 Å². The van der Waals surface area contributed by atoms with E-state index in [1.807, 2.05) is 0 Å². The summed E-state index contributed by atoms with van der Waals surface area (Å²) in [7, 11) is 0. The van der Waals surface area contributed by atoms with Crippen LogP contribution in [0.4, 0.5) is 0 Å². The molecule has 2 aliphatic heterocycles. The Labute approximate surface area is 230 Å². The largest absolute Gasteiger partial charge is 0.507 e. The molecule has 0 aliphatic carbocycles. The first-order valence-corrected chi connectivity index (χ1v) is 12.4. The van der Waals surface area contributed by atoms with Gasteiger partial charge in [-0.05, 0) is 24.3 Å². The Hall–Kier alpha value is -3.35. The van der Waals surface area contributed by atoms with Crippen molar-refractivity contribution in [3.63, 3.8) is 0 Å². The Balaban J connectivity index is 1.38. The smallest absolute Gasteiger partial charge is 0.231 e. The van der Waals surface area contributed by atoms with E-state index in [0.717, 1.165) is 12.1 Å². The first kappa shape index (κ1) is 29.2. The number of hydrogen-bond acceptors (Lipinski definition) is 15. The molecule has 222 valence electrons. The van der Waals surface area contributed by atoms with E-state index in [2.05, 4.69) is 0 Å². The van der Waals surface area contributed by atoms with Crippen molar-refractivity contribution >= 4 is 11.0 Å². The molecule has 3 heterocycles. The van der Waals surface area contributed by atoms with E-state index in [0.29, 0.717) is 5.56 Å². The summed E-state index contributed by atoms with van der Waals surface area (Å²) in [6.45, 7) is -0.670. The van der Waals surface area contributed by atoms with Gasteiger partial charge in [0.2, 0.25) is 12.6 Å². The SMILES string of the molecule is O=c1cc(-c2ccc(OC3OC(O)C(O)C(O)C3O)cc2)oc2cc(OC3OC(CO)C(O)C(O)C3O)cc(O)c12. The molecule has 0 radical (unpaired) electrons. The third-order valence-electron chi connectivity index (χ3n) is 6.82. The van der Waals surface area contributed by atoms with Crippen LogP contribution in [-0.2, 0) is 9.47 Å². The third kappa shape index (κ3) is 5.60. The van der Waals surface area contributed by atoms with Gasteiger partial charge in [-0.15, -0.1) is 0 Å². The molecule has 2 aliphatic rings. The summed E-state index contributed by atoms with van der Waals surface area (Å²) in [6, 6.07) is 9.28. The van der Waals surface area contributed by atoms with Crippen LogP contribution >= 0.6 is 0 Å². The van der Waals surface area contributed by atoms with Crippen LogP contribution in [0.3, 0.4) is 0 Å². The van der Waals surface area contributed by atoms with E-state index in [9.17, 15) is 50.8 Å². The van der Waals surface area contributed by atoms with Gasteiger partial charge in [0.15, 0.2) is 11.7 Å². The molecule has 10 unspecified atom stereocenters. The van der Waals surface area contributed by atoms with Gasteiger partial charge in [0, 0.05) is 23.8 Å². The van der Waals surface area contributed by atoms with E-state index in [1.165, 1.54) is 30.3 Å². The summed E-state index contributed by atoms with van der Waals surface area (Å²) >= 11 is 0. The van der Waals surface area contributed by atoms with Crippen molar-refractivity contribution in [3.05, 3.63) is 52.7 Å². The maximum Gasteiger partial charge on any atom is 0.231 e. The maximum absolute atomic E-state index is 12.8. The number of hydrogen-bond donors (Lipinski definition) is 9. The number of fused-ring (bicyclic) bond motifs is 1. The van der Waals surface area contributed by atoms with Gasteiger partial charge in [0.1, 0.15) is 76.7 Å². The summed E-state index contributed by atoms with van der Waals surface area (Å²) in [5.74, 6) is -0.415. The lowest BCUT2D eigenvalue weighted by Crippen LogP contribution is -2.60. The molecule has 15 nitrogen and oxygen atoms in total. The number of ether oxygens (including phenoxy) is 4. The average molecular weight is 580 g/mol. The van der Waals surface area contributed by atoms with E-state index >= 15 is 0 Å². The molecule has 0 saturated carbocycles. The zero-order chi connectivity index (χ0) is 29.6. The van der Waals surface area contributed by atoms with Crippen molar-refractivity contribution < 1.29 is 69.3 Å². The fourth-order valence-corrected chi connectivity index (χ4v) is 4.51. The molecule has 2 aromatic carbocycles. The maximum atomic E-state index is 12.8. The monoisotopic (exact) mass is 580 g/mol. The summed E-state index contributed by atoms with van der Waals surface area (Å²) in [5.41, 5.74) is -0.317. The van der Waals surface area contributed by atoms with Crippen LogP contribution in [0, 0.1) is 0 Å². The first-order valence-electron chi connectivity index (χ1n) is 12.4. The second kappa shape index (κ2) is 11.5. The number of aromatic hydroxyl groups is 1. The fourth-order valence-electron chi connectivity index (χ4n) is 4.51. The highest BCUT2D eigenvalue weighted by Crippen LogP contribution is 2.34. The fraction of sp³-hybridized carbons (Fsp3) is 0.423. The van der Waals surface area contributed by atoms with Crippen LogP contribution in [0.2, 0.25) is 0 Å². The highest BCUT2D eigenvalue weighted by atomic mass is 16.7. The van der Waals surface area contributed by atoms with Crippen LogP contribution in [-0.4, -0.2) is 114 Å². The molecule has 3 aromatic rings. The second-order valence-corrected chi connectivity index (χ2v) is 9.61. The Kier molecular flexibility index (Phi) is 8.18. The van der Waals surface area contributed by atoms with Gasteiger partial charge in [-0.2, -0.15) is 0 Å². The predicted octanol–water partition coefficient (Wildman–Crippen LogP) is -2.52. The lowest BCUT2D eigenvalue weighted by Gasteiger charge is -2.39. The number of aliphatic hydroxyl groups is 8. The molecule has 0 bridgehead atoms. The van der Waals surface area contributed by atoms with Crippen molar-refractivity contribution in [2.45, 2.75) is 61.6 Å². The zero-order valence-corrected chi connectivity index (χ0v) is 21.0. The van der Waals surface area contributed by atoms with Crippen molar-refractivity contribution in [2.24, 2.45) is 0 Å². The standard InChI is InChI=1S/C26H28O15/c27-8-16-18(30)19(31)22(34)25(40-16)38-11-5-12(28)17-13(29)7-14(39-15(17)6-11)9-1-3-10(4-2-9)37-26-23(35)20(32)21(33)24(36)41-26/h1-7,16,18-28,30-36H,8H2. The lowest BCUT2D eigenvalue weighted by molar-refractivity contribution is -0.321. The van der Waals surface area contributed by atoms with Crippen molar-refractivity contribution in [1.29, 1.82) is 0 Å². The van der Waals surface area contributed by atoms with E-state index < -0.39 is 79.4 Å². The number of aliphatic hydroxyl groups excluding tert-OH is 8. The molecule has 0 spiro atoms. The van der Waals surface area contributed by atoms with Crippen LogP contribution in [0.25, 0.3) is 22.3 Å². The number of phenols is 1. The second-order valence-electron chi connectivity index (χ2n) is 9.61. The molecular formula is C26H28O15. The molecule has 2 saturated heterocycles. The number of phenolic OH excluding ortho intramolecular Hbond substituents is 1. The Morgan fingerprint density at radius 2 is 1.32 bits per heavy atom. The van der Waals surface area contributed by atoms with Gasteiger partial charge in [-0.25, -0.2) is 0 Å². The highest BCUT2D eigenvalue weighted by molar-refractivity contribution is 5.86. The minimum Gasteiger partial charge on any atom is -0.507 e. The molecule has 9 N–H and O–H groups in total. The predicted molar refractivity (Wildman–Crippen MR) is 134 cm³/mol. The molecule has 15 heteroatoms. The molecular weight excluding hydrogens is 552 g/mol. The van der Waals surface area contributed by atoms with Gasteiger partial charge >= 0.3 is 0 Å². The highest BCUT2D eigenvalue weighted by Gasteiger charge is 2.45. The van der Waals surface area contributed by atoms with Crippen LogP contribution in [0.1, 0.15) is 0 Å². The Morgan fingerprint density at radius 1 is 0.707 bits per heavy atom. The van der Waals surface area contributed by atoms with Crippen molar-refractivity contribution in [1.82, 2.24) is 0 Å². The number of benzene rings is 2. The molecule has 10 atom stereocenters. The van der Waals surface area contributed by atoms with Gasteiger partial charge in [-0.1, -0.05) is 0 Å². The average Bonchev–Trinajstić information content (AvgIpc) is 2.95. The van der Waals surface area contributed by atoms with Crippen LogP contribution in [0.5, 0.6) is 17.2 Å². The van der Waals surface area contributed by atoms with Gasteiger partial charge in [-0.3, -0.25) is 4.79 Å². The van der Waals surface area contributed by atoms with Gasteiger partial charge in [0.25, 0.3) is 0 Å². The Morgan fingerprint density at radius 3 is 1.98 bits per heavy atom. The molecule has 5 rings (SSSR count). The normalized spacial score (nSPS) is 34.0. The van der Waals surface area contributed by atoms with Crippen molar-refractivity contribution in [3.8, 4) is 28.6 Å². The summed E-state index contributed by atoms with van der Waals surface area (Å²) in [4.78, 5) is 12.8. The summed E-state index contributed by atoms with van der Waals surface area (Å²) in [5, 5.41) is 89.0. The molecule has 41 heavy (non-hydrogen) atoms. The topological polar surface area (TPSA) is 249 Å². The minimum atomic E-state index is -1.78. The van der Waals surface area contributed by atoms with E-state index in [1.54, 1.807) is 0 Å². The molecule has 1 aromatic heterocycles. The zero-order valence-electron chi connectivity index (χ0n) is 21.0. The number of rotatable bonds is 6. The lowest BCUT2D eigenvalue weighted by atomic mass is 9.99. The third-order valence-corrected chi connectivity index (χ3v) is 6.82. The van der Waals surface area contributed by atoms with Gasteiger partial charge < -0.3 is 69.3 Å². The van der Waals surface area contributed by atoms with Crippen LogP contribution in [0.15, 0.2) is 51.7 Å². The van der Waals surface area contributed by atoms with E-state index in [-0.39, 0.29) is 28.2 Å². The molecule has 2 fully saturated rings.